The Labute approximate surface area is 115 Å². The quantitative estimate of drug-likeness (QED) is 0.833. The van der Waals surface area contributed by atoms with Gasteiger partial charge in [0, 0.05) is 13.1 Å². The van der Waals surface area contributed by atoms with Gasteiger partial charge in [0.2, 0.25) is 5.91 Å². The van der Waals surface area contributed by atoms with E-state index < -0.39 is 0 Å². The lowest BCUT2D eigenvalue weighted by atomic mass is 9.89. The van der Waals surface area contributed by atoms with E-state index in [1.807, 2.05) is 11.8 Å². The Hall–Kier alpha value is -0.610. The number of rotatable bonds is 4. The molecule has 1 amide bonds. The van der Waals surface area contributed by atoms with Gasteiger partial charge in [-0.2, -0.15) is 0 Å². The fraction of sp³-hybridized carbons (Fsp3) is 0.933. The van der Waals surface area contributed by atoms with Crippen LogP contribution in [-0.2, 0) is 9.53 Å². The lowest BCUT2D eigenvalue weighted by molar-refractivity contribution is -0.137. The van der Waals surface area contributed by atoms with Crippen molar-refractivity contribution < 1.29 is 9.53 Å². The molecule has 0 aromatic rings. The lowest BCUT2D eigenvalue weighted by Gasteiger charge is -2.30. The fourth-order valence-electron chi connectivity index (χ4n) is 4.10. The van der Waals surface area contributed by atoms with Crippen molar-refractivity contribution in [1.82, 2.24) is 10.2 Å². The Balaban J connectivity index is 1.43. The van der Waals surface area contributed by atoms with E-state index in [2.05, 4.69) is 5.32 Å². The van der Waals surface area contributed by atoms with E-state index in [0.717, 1.165) is 37.4 Å². The number of hydrogen-bond donors (Lipinski definition) is 1. The van der Waals surface area contributed by atoms with Crippen LogP contribution in [0.3, 0.4) is 0 Å². The molecule has 1 aliphatic heterocycles. The van der Waals surface area contributed by atoms with Crippen molar-refractivity contribution in [3.05, 3.63) is 0 Å². The molecule has 3 aliphatic rings. The van der Waals surface area contributed by atoms with Gasteiger partial charge in [-0.3, -0.25) is 4.79 Å². The monoisotopic (exact) mass is 266 g/mol. The van der Waals surface area contributed by atoms with Crippen molar-refractivity contribution >= 4 is 5.91 Å². The van der Waals surface area contributed by atoms with Crippen LogP contribution in [0.15, 0.2) is 0 Å². The minimum absolute atomic E-state index is 0.0442. The molecule has 3 rings (SSSR count). The van der Waals surface area contributed by atoms with Crippen molar-refractivity contribution in [2.45, 2.75) is 38.6 Å². The van der Waals surface area contributed by atoms with Gasteiger partial charge in [0.25, 0.3) is 0 Å². The maximum atomic E-state index is 12.3. The molecule has 0 spiro atoms. The van der Waals surface area contributed by atoms with Crippen LogP contribution in [0.5, 0.6) is 0 Å². The van der Waals surface area contributed by atoms with Crippen molar-refractivity contribution in [3.63, 3.8) is 0 Å². The third-order valence-electron chi connectivity index (χ3n) is 5.26. The summed E-state index contributed by atoms with van der Waals surface area (Å²) < 4.78 is 5.29. The van der Waals surface area contributed by atoms with E-state index in [-0.39, 0.29) is 11.9 Å². The molecule has 4 atom stereocenters. The molecule has 1 N–H and O–H groups in total. The Morgan fingerprint density at radius 3 is 2.74 bits per heavy atom. The van der Waals surface area contributed by atoms with Crippen LogP contribution in [0.1, 0.15) is 32.6 Å². The maximum Gasteiger partial charge on any atom is 0.239 e. The van der Waals surface area contributed by atoms with Gasteiger partial charge >= 0.3 is 0 Å². The fourth-order valence-corrected chi connectivity index (χ4v) is 4.10. The summed E-state index contributed by atoms with van der Waals surface area (Å²) in [5.74, 6) is 2.98. The summed E-state index contributed by atoms with van der Waals surface area (Å²) in [6.07, 6.45) is 5.69. The molecule has 2 aliphatic carbocycles. The van der Waals surface area contributed by atoms with Gasteiger partial charge in [0.05, 0.1) is 19.3 Å². The van der Waals surface area contributed by atoms with Gasteiger partial charge < -0.3 is 15.0 Å². The summed E-state index contributed by atoms with van der Waals surface area (Å²) in [5.41, 5.74) is 0. The summed E-state index contributed by atoms with van der Waals surface area (Å²) in [5, 5.41) is 3.47. The molecule has 108 valence electrons. The number of hydrogen-bond acceptors (Lipinski definition) is 3. The number of nitrogens with zero attached hydrogens (tertiary/aromatic N) is 1. The summed E-state index contributed by atoms with van der Waals surface area (Å²) in [6, 6.07) is -0.0442. The topological polar surface area (TPSA) is 41.6 Å². The predicted octanol–water partition coefficient (Wildman–Crippen LogP) is 1.26. The second-order valence-corrected chi connectivity index (χ2v) is 6.50. The SMILES string of the molecule is CC(NCC1CC2CCC1C2)C(=O)N1CCOCC1. The van der Waals surface area contributed by atoms with E-state index in [1.54, 1.807) is 0 Å². The maximum absolute atomic E-state index is 12.3. The summed E-state index contributed by atoms with van der Waals surface area (Å²) in [4.78, 5) is 14.2. The van der Waals surface area contributed by atoms with E-state index in [9.17, 15) is 4.79 Å². The first kappa shape index (κ1) is 13.4. The molecular weight excluding hydrogens is 240 g/mol. The standard InChI is InChI=1S/C15H26N2O2/c1-11(15(18)17-4-6-19-7-5-17)16-10-14-9-12-2-3-13(14)8-12/h11-14,16H,2-10H2,1H3. The number of ether oxygens (including phenoxy) is 1. The Bertz CT molecular complexity index is 328. The van der Waals surface area contributed by atoms with Crippen LogP contribution in [0.4, 0.5) is 0 Å². The van der Waals surface area contributed by atoms with Crippen LogP contribution < -0.4 is 5.32 Å². The van der Waals surface area contributed by atoms with Crippen molar-refractivity contribution in [2.75, 3.05) is 32.8 Å². The summed E-state index contributed by atoms with van der Waals surface area (Å²) in [6.45, 7) is 5.90. The molecule has 1 heterocycles. The molecule has 0 aromatic carbocycles. The number of morpholine rings is 1. The predicted molar refractivity (Wildman–Crippen MR) is 73.8 cm³/mol. The van der Waals surface area contributed by atoms with Crippen LogP contribution in [0.2, 0.25) is 0 Å². The second-order valence-electron chi connectivity index (χ2n) is 6.50. The highest BCUT2D eigenvalue weighted by Gasteiger charge is 2.39. The molecule has 4 nitrogen and oxygen atoms in total. The van der Waals surface area contributed by atoms with Crippen molar-refractivity contribution in [3.8, 4) is 0 Å². The molecule has 19 heavy (non-hydrogen) atoms. The van der Waals surface area contributed by atoms with Gasteiger partial charge in [0.1, 0.15) is 0 Å². The van der Waals surface area contributed by atoms with Gasteiger partial charge in [-0.05, 0) is 50.5 Å². The van der Waals surface area contributed by atoms with Gasteiger partial charge in [0.15, 0.2) is 0 Å². The number of fused-ring (bicyclic) bond motifs is 2. The highest BCUT2D eigenvalue weighted by Crippen LogP contribution is 2.47. The average molecular weight is 266 g/mol. The van der Waals surface area contributed by atoms with Crippen LogP contribution in [0, 0.1) is 17.8 Å². The van der Waals surface area contributed by atoms with E-state index in [4.69, 9.17) is 4.74 Å². The Morgan fingerprint density at radius 2 is 2.11 bits per heavy atom. The Morgan fingerprint density at radius 1 is 1.32 bits per heavy atom. The summed E-state index contributed by atoms with van der Waals surface area (Å²) >= 11 is 0. The minimum Gasteiger partial charge on any atom is -0.378 e. The number of carbonyl (C=O) groups is 1. The molecule has 1 saturated heterocycles. The van der Waals surface area contributed by atoms with Crippen molar-refractivity contribution in [1.29, 1.82) is 0 Å². The first-order valence-electron chi connectivity index (χ1n) is 7.84. The zero-order chi connectivity index (χ0) is 13.2. The van der Waals surface area contributed by atoms with E-state index in [0.29, 0.717) is 13.2 Å². The van der Waals surface area contributed by atoms with E-state index in [1.165, 1.54) is 25.7 Å². The first-order valence-corrected chi connectivity index (χ1v) is 7.84. The van der Waals surface area contributed by atoms with E-state index >= 15 is 0 Å². The minimum atomic E-state index is -0.0442. The first-order chi connectivity index (χ1) is 9.24. The normalized spacial score (nSPS) is 35.6. The molecule has 2 saturated carbocycles. The number of nitrogens with one attached hydrogen (secondary N) is 1. The molecule has 2 bridgehead atoms. The molecule has 3 fully saturated rings. The number of carbonyl (C=O) groups excluding carboxylic acids is 1. The molecular formula is C15H26N2O2. The van der Waals surface area contributed by atoms with Gasteiger partial charge in [-0.25, -0.2) is 0 Å². The summed E-state index contributed by atoms with van der Waals surface area (Å²) in [7, 11) is 0. The Kier molecular flexibility index (Phi) is 4.08. The average Bonchev–Trinajstić information content (AvgIpc) is 3.07. The zero-order valence-corrected chi connectivity index (χ0v) is 11.9. The third-order valence-corrected chi connectivity index (χ3v) is 5.26. The molecule has 0 radical (unpaired) electrons. The van der Waals surface area contributed by atoms with Crippen molar-refractivity contribution in [2.24, 2.45) is 17.8 Å². The zero-order valence-electron chi connectivity index (χ0n) is 11.9. The molecule has 0 aromatic heterocycles. The largest absolute Gasteiger partial charge is 0.378 e. The smallest absolute Gasteiger partial charge is 0.239 e. The van der Waals surface area contributed by atoms with Gasteiger partial charge in [-0.1, -0.05) is 6.42 Å². The lowest BCUT2D eigenvalue weighted by Crippen LogP contribution is -2.50. The highest BCUT2D eigenvalue weighted by atomic mass is 16.5. The molecule has 4 unspecified atom stereocenters. The number of amides is 1. The van der Waals surface area contributed by atoms with Crippen LogP contribution in [-0.4, -0.2) is 49.7 Å². The molecule has 4 heteroatoms. The second kappa shape index (κ2) is 5.80. The van der Waals surface area contributed by atoms with Crippen LogP contribution in [0.25, 0.3) is 0 Å². The van der Waals surface area contributed by atoms with Gasteiger partial charge in [-0.15, -0.1) is 0 Å². The third kappa shape index (κ3) is 2.95. The van der Waals surface area contributed by atoms with Crippen LogP contribution >= 0.6 is 0 Å². The highest BCUT2D eigenvalue weighted by molar-refractivity contribution is 5.81.